The molecule has 1 N–H and O–H groups in total. The molecule has 0 fully saturated rings. The molecule has 0 unspecified atom stereocenters. The molecule has 1 aliphatic heterocycles. The second-order valence-electron chi connectivity index (χ2n) is 9.75. The Hall–Kier alpha value is -2.93. The van der Waals surface area contributed by atoms with Crippen molar-refractivity contribution in [3.05, 3.63) is 86.4 Å². The van der Waals surface area contributed by atoms with Crippen LogP contribution in [0.4, 0.5) is 4.39 Å². The van der Waals surface area contributed by atoms with Crippen LogP contribution in [0.25, 0.3) is 0 Å². The number of carbonyl (C=O) groups is 2. The Morgan fingerprint density at radius 1 is 1.20 bits per heavy atom. The van der Waals surface area contributed by atoms with E-state index in [2.05, 4.69) is 35.1 Å². The minimum atomic E-state index is -0.645. The molecule has 2 aromatic rings. The van der Waals surface area contributed by atoms with Crippen molar-refractivity contribution in [1.82, 2.24) is 5.32 Å². The van der Waals surface area contributed by atoms with Crippen LogP contribution in [0.3, 0.4) is 0 Å². The Kier molecular flexibility index (Phi) is 7.17. The van der Waals surface area contributed by atoms with E-state index < -0.39 is 11.9 Å². The second kappa shape index (κ2) is 9.97. The van der Waals surface area contributed by atoms with Gasteiger partial charge in [-0.25, -0.2) is 9.18 Å². The van der Waals surface area contributed by atoms with Crippen molar-refractivity contribution in [2.45, 2.75) is 53.1 Å². The molecule has 2 aliphatic rings. The highest BCUT2D eigenvalue weighted by Gasteiger charge is 2.44. The van der Waals surface area contributed by atoms with Crippen LogP contribution in [0, 0.1) is 11.2 Å². The fraction of sp³-hybridized carbons (Fsp3) is 0.357. The molecule has 0 aromatic heterocycles. The summed E-state index contributed by atoms with van der Waals surface area (Å²) in [5.41, 5.74) is 3.63. The molecule has 184 valence electrons. The summed E-state index contributed by atoms with van der Waals surface area (Å²) >= 11 is 3.54. The van der Waals surface area contributed by atoms with E-state index in [-0.39, 0.29) is 30.2 Å². The van der Waals surface area contributed by atoms with Crippen LogP contribution in [0.15, 0.2) is 69.5 Å². The number of carbonyl (C=O) groups excluding carboxylic acids is 2. The van der Waals surface area contributed by atoms with Crippen molar-refractivity contribution in [2.75, 3.05) is 6.61 Å². The minimum Gasteiger partial charge on any atom is -0.489 e. The standard InChI is InChI=1S/C28H29BrFNO4/c1-5-34-27(33)24-16(2)31-21-13-28(3,4)14-22(32)26(21)25(24)20-12-18(29)9-10-23(20)35-15-17-7-6-8-19(30)11-17/h6-12,25,31H,5,13-15H2,1-4H3/t25-/m0/s1. The van der Waals surface area contributed by atoms with Crippen molar-refractivity contribution in [3.63, 3.8) is 0 Å². The summed E-state index contributed by atoms with van der Waals surface area (Å²) in [6, 6.07) is 11.7. The van der Waals surface area contributed by atoms with Gasteiger partial charge in [0.05, 0.1) is 18.1 Å². The average molecular weight is 542 g/mol. The zero-order valence-electron chi connectivity index (χ0n) is 20.3. The van der Waals surface area contributed by atoms with Gasteiger partial charge in [0.15, 0.2) is 5.78 Å². The maximum atomic E-state index is 13.7. The van der Waals surface area contributed by atoms with Crippen molar-refractivity contribution < 1.29 is 23.5 Å². The summed E-state index contributed by atoms with van der Waals surface area (Å²) in [4.78, 5) is 26.7. The molecule has 2 aromatic carbocycles. The molecule has 4 rings (SSSR count). The van der Waals surface area contributed by atoms with Crippen molar-refractivity contribution in [3.8, 4) is 5.75 Å². The third kappa shape index (κ3) is 5.35. The Morgan fingerprint density at radius 2 is 1.97 bits per heavy atom. The molecule has 5 nitrogen and oxygen atoms in total. The Morgan fingerprint density at radius 3 is 2.69 bits per heavy atom. The number of hydrogen-bond donors (Lipinski definition) is 1. The maximum Gasteiger partial charge on any atom is 0.336 e. The van der Waals surface area contributed by atoms with E-state index in [4.69, 9.17) is 9.47 Å². The minimum absolute atomic E-state index is 0.000829. The summed E-state index contributed by atoms with van der Waals surface area (Å²) < 4.78 is 26.0. The van der Waals surface area contributed by atoms with Crippen LogP contribution in [0.2, 0.25) is 0 Å². The predicted molar refractivity (Wildman–Crippen MR) is 135 cm³/mol. The zero-order chi connectivity index (χ0) is 25.3. The molecular formula is C28H29BrFNO4. The van der Waals surface area contributed by atoms with Crippen LogP contribution in [-0.4, -0.2) is 18.4 Å². The molecule has 1 atom stereocenters. The molecule has 0 saturated heterocycles. The Bertz CT molecular complexity index is 1250. The third-order valence-corrected chi connectivity index (χ3v) is 6.79. The van der Waals surface area contributed by atoms with Gasteiger partial charge in [0.1, 0.15) is 18.2 Å². The highest BCUT2D eigenvalue weighted by molar-refractivity contribution is 9.10. The Balaban J connectivity index is 1.84. The topological polar surface area (TPSA) is 64.6 Å². The van der Waals surface area contributed by atoms with E-state index in [1.807, 2.05) is 19.1 Å². The lowest BCUT2D eigenvalue weighted by atomic mass is 9.68. The van der Waals surface area contributed by atoms with Crippen LogP contribution in [0.1, 0.15) is 57.6 Å². The first-order valence-corrected chi connectivity index (χ1v) is 12.5. The SMILES string of the molecule is CCOC(=O)C1=C(C)NC2=C(C(=O)CC(C)(C)C2)[C@H]1c1cc(Br)ccc1OCc1cccc(F)c1. The van der Waals surface area contributed by atoms with E-state index in [1.54, 1.807) is 25.1 Å². The normalized spacial score (nSPS) is 19.3. The number of rotatable bonds is 6. The molecular weight excluding hydrogens is 513 g/mol. The predicted octanol–water partition coefficient (Wildman–Crippen LogP) is 6.33. The van der Waals surface area contributed by atoms with E-state index in [9.17, 15) is 14.0 Å². The number of allylic oxidation sites excluding steroid dienone is 3. The van der Waals surface area contributed by atoms with Crippen molar-refractivity contribution in [1.29, 1.82) is 0 Å². The number of dihydropyridines is 1. The number of esters is 1. The number of benzene rings is 2. The smallest absolute Gasteiger partial charge is 0.336 e. The van der Waals surface area contributed by atoms with Gasteiger partial charge in [-0.3, -0.25) is 4.79 Å². The second-order valence-corrected chi connectivity index (χ2v) is 10.7. The van der Waals surface area contributed by atoms with Gasteiger partial charge < -0.3 is 14.8 Å². The van der Waals surface area contributed by atoms with Crippen molar-refractivity contribution >= 4 is 27.7 Å². The van der Waals surface area contributed by atoms with Gasteiger partial charge in [-0.15, -0.1) is 0 Å². The number of ether oxygens (including phenoxy) is 2. The van der Waals surface area contributed by atoms with Crippen molar-refractivity contribution in [2.24, 2.45) is 5.41 Å². The van der Waals surface area contributed by atoms with E-state index >= 15 is 0 Å². The Labute approximate surface area is 213 Å². The number of halogens is 2. The van der Waals surface area contributed by atoms with Gasteiger partial charge in [0.25, 0.3) is 0 Å². The van der Waals surface area contributed by atoms with E-state index in [0.29, 0.717) is 46.6 Å². The van der Waals surface area contributed by atoms with Gasteiger partial charge >= 0.3 is 5.97 Å². The van der Waals surface area contributed by atoms with Crippen LogP contribution < -0.4 is 10.1 Å². The molecule has 1 heterocycles. The molecule has 1 aliphatic carbocycles. The van der Waals surface area contributed by atoms with E-state index in [0.717, 1.165) is 10.2 Å². The van der Waals surface area contributed by atoms with Gasteiger partial charge in [0.2, 0.25) is 0 Å². The third-order valence-electron chi connectivity index (χ3n) is 6.30. The highest BCUT2D eigenvalue weighted by Crippen LogP contribution is 2.49. The lowest BCUT2D eigenvalue weighted by molar-refractivity contribution is -0.138. The molecule has 0 radical (unpaired) electrons. The van der Waals surface area contributed by atoms with Gasteiger partial charge in [-0.1, -0.05) is 41.9 Å². The van der Waals surface area contributed by atoms with Gasteiger partial charge in [-0.05, 0) is 61.6 Å². The number of ketones is 1. The number of hydrogen-bond acceptors (Lipinski definition) is 5. The maximum absolute atomic E-state index is 13.7. The number of Topliss-reactive ketones (excluding diaryl/α,β-unsaturated/α-hetero) is 1. The van der Waals surface area contributed by atoms with Gasteiger partial charge in [0, 0.05) is 33.4 Å². The lowest BCUT2D eigenvalue weighted by Gasteiger charge is -2.39. The average Bonchev–Trinajstić information content (AvgIpc) is 2.76. The van der Waals surface area contributed by atoms with Crippen LogP contribution >= 0.6 is 15.9 Å². The molecule has 35 heavy (non-hydrogen) atoms. The quantitative estimate of drug-likeness (QED) is 0.432. The summed E-state index contributed by atoms with van der Waals surface area (Å²) in [5.74, 6) is -0.937. The molecule has 0 spiro atoms. The summed E-state index contributed by atoms with van der Waals surface area (Å²) in [7, 11) is 0. The first-order valence-electron chi connectivity index (χ1n) is 11.7. The monoisotopic (exact) mass is 541 g/mol. The molecule has 7 heteroatoms. The summed E-state index contributed by atoms with van der Waals surface area (Å²) in [6.45, 7) is 8.08. The summed E-state index contributed by atoms with van der Waals surface area (Å²) in [6.07, 6.45) is 1.07. The van der Waals surface area contributed by atoms with Gasteiger partial charge in [-0.2, -0.15) is 0 Å². The lowest BCUT2D eigenvalue weighted by Crippen LogP contribution is -2.38. The molecule has 0 saturated carbocycles. The highest BCUT2D eigenvalue weighted by atomic mass is 79.9. The first kappa shape index (κ1) is 25.2. The summed E-state index contributed by atoms with van der Waals surface area (Å²) in [5, 5.41) is 3.33. The largest absolute Gasteiger partial charge is 0.489 e. The zero-order valence-corrected chi connectivity index (χ0v) is 21.9. The van der Waals surface area contributed by atoms with E-state index in [1.165, 1.54) is 12.1 Å². The first-order chi connectivity index (χ1) is 16.6. The van der Waals surface area contributed by atoms with Crippen LogP contribution in [0.5, 0.6) is 5.75 Å². The molecule has 0 amide bonds. The fourth-order valence-corrected chi connectivity index (χ4v) is 5.27. The fourth-order valence-electron chi connectivity index (χ4n) is 4.89. The molecule has 0 bridgehead atoms. The number of nitrogens with one attached hydrogen (secondary N) is 1. The van der Waals surface area contributed by atoms with Crippen LogP contribution in [-0.2, 0) is 20.9 Å².